The summed E-state index contributed by atoms with van der Waals surface area (Å²) in [6.07, 6.45) is 7.52. The molecule has 1 aliphatic rings. The Morgan fingerprint density at radius 2 is 2.19 bits per heavy atom. The topological polar surface area (TPSA) is 67.7 Å². The van der Waals surface area contributed by atoms with E-state index in [2.05, 4.69) is 15.8 Å². The van der Waals surface area contributed by atoms with Gasteiger partial charge in [0, 0.05) is 24.7 Å². The Morgan fingerprint density at radius 3 is 2.96 bits per heavy atom. The molecule has 26 heavy (non-hydrogen) atoms. The Hall–Kier alpha value is -2.57. The van der Waals surface area contributed by atoms with Gasteiger partial charge in [-0.1, -0.05) is 17.7 Å². The van der Waals surface area contributed by atoms with Crippen LogP contribution in [0.2, 0.25) is 5.02 Å². The third-order valence-corrected chi connectivity index (χ3v) is 4.66. The van der Waals surface area contributed by atoms with Crippen LogP contribution in [0.3, 0.4) is 0 Å². The van der Waals surface area contributed by atoms with E-state index in [0.29, 0.717) is 28.8 Å². The number of imidazole rings is 1. The van der Waals surface area contributed by atoms with Gasteiger partial charge < -0.3 is 9.72 Å². The lowest BCUT2D eigenvalue weighted by molar-refractivity contribution is 0.0270. The van der Waals surface area contributed by atoms with Crippen LogP contribution in [0.5, 0.6) is 0 Å². The van der Waals surface area contributed by atoms with Gasteiger partial charge in [0.1, 0.15) is 5.65 Å². The molecule has 0 unspecified atom stereocenters. The Balaban J connectivity index is 1.63. The Kier molecular flexibility index (Phi) is 4.53. The van der Waals surface area contributed by atoms with Crippen molar-refractivity contribution in [2.75, 3.05) is 11.9 Å². The zero-order chi connectivity index (χ0) is 18.1. The molecular weight excluding hydrogens is 352 g/mol. The van der Waals surface area contributed by atoms with Crippen LogP contribution in [0.4, 0.5) is 11.4 Å². The van der Waals surface area contributed by atoms with Crippen LogP contribution < -0.4 is 10.8 Å². The van der Waals surface area contributed by atoms with Gasteiger partial charge in [0.25, 0.3) is 5.91 Å². The molecule has 2 N–H and O–H groups in total. The van der Waals surface area contributed by atoms with E-state index in [9.17, 15) is 4.79 Å². The highest BCUT2D eigenvalue weighted by Gasteiger charge is 2.22. The number of nitrogens with zero attached hydrogens (tertiary/aromatic N) is 2. The molecule has 134 valence electrons. The number of hydroxylamine groups is 1. The average molecular weight is 371 g/mol. The van der Waals surface area contributed by atoms with Gasteiger partial charge in [-0.15, -0.1) is 0 Å². The quantitative estimate of drug-likeness (QED) is 0.641. The van der Waals surface area contributed by atoms with E-state index in [1.165, 1.54) is 0 Å². The van der Waals surface area contributed by atoms with Gasteiger partial charge in [0.15, 0.2) is 0 Å². The minimum absolute atomic E-state index is 0.313. The number of amides is 1. The van der Waals surface area contributed by atoms with Crippen molar-refractivity contribution in [3.63, 3.8) is 0 Å². The fourth-order valence-electron chi connectivity index (χ4n) is 2.68. The maximum atomic E-state index is 12.6. The lowest BCUT2D eigenvalue weighted by atomic mass is 10.2. The molecule has 0 atom stereocenters. The lowest BCUT2D eigenvalue weighted by Crippen LogP contribution is -2.25. The van der Waals surface area contributed by atoms with E-state index in [0.717, 1.165) is 29.7 Å². The van der Waals surface area contributed by atoms with E-state index in [4.69, 9.17) is 16.4 Å². The van der Waals surface area contributed by atoms with Crippen molar-refractivity contribution in [1.29, 1.82) is 0 Å². The van der Waals surface area contributed by atoms with E-state index < -0.39 is 0 Å². The molecule has 2 heterocycles. The maximum Gasteiger partial charge on any atom is 0.278 e. The molecule has 0 spiro atoms. The first kappa shape index (κ1) is 16.9. The highest BCUT2D eigenvalue weighted by Crippen LogP contribution is 2.30. The standard InChI is InChI=1S/C19H19ClN4O2/c1-12-2-5-16(15(20)8-12)22-17-9-18-21-6-7-24(18)10-14(17)19(25)23-26-11-13-3-4-13/h2,5-10,13,22H,3-4,11H2,1H3,(H,23,25). The Morgan fingerprint density at radius 1 is 1.35 bits per heavy atom. The second-order valence-corrected chi connectivity index (χ2v) is 6.99. The summed E-state index contributed by atoms with van der Waals surface area (Å²) in [6, 6.07) is 7.53. The summed E-state index contributed by atoms with van der Waals surface area (Å²) < 4.78 is 1.79. The van der Waals surface area contributed by atoms with Crippen molar-refractivity contribution < 1.29 is 9.63 Å². The van der Waals surface area contributed by atoms with E-state index >= 15 is 0 Å². The van der Waals surface area contributed by atoms with Crippen LogP contribution in [0.25, 0.3) is 5.65 Å². The first-order chi connectivity index (χ1) is 12.6. The van der Waals surface area contributed by atoms with Crippen LogP contribution in [0, 0.1) is 12.8 Å². The predicted octanol–water partition coefficient (Wildman–Crippen LogP) is 4.11. The number of rotatable bonds is 6. The number of pyridine rings is 1. The van der Waals surface area contributed by atoms with Gasteiger partial charge in [-0.3, -0.25) is 9.63 Å². The highest BCUT2D eigenvalue weighted by molar-refractivity contribution is 6.33. The highest BCUT2D eigenvalue weighted by atomic mass is 35.5. The fraction of sp³-hybridized carbons (Fsp3) is 0.263. The molecule has 4 rings (SSSR count). The van der Waals surface area contributed by atoms with Gasteiger partial charge in [-0.2, -0.15) is 0 Å². The zero-order valence-electron chi connectivity index (χ0n) is 14.3. The van der Waals surface area contributed by atoms with Crippen LogP contribution in [0.15, 0.2) is 42.9 Å². The molecule has 6 nitrogen and oxygen atoms in total. The molecule has 7 heteroatoms. The van der Waals surface area contributed by atoms with Crippen molar-refractivity contribution in [3.05, 3.63) is 59.0 Å². The third-order valence-electron chi connectivity index (χ3n) is 4.35. The van der Waals surface area contributed by atoms with Gasteiger partial charge >= 0.3 is 0 Å². The van der Waals surface area contributed by atoms with Crippen molar-refractivity contribution in [2.45, 2.75) is 19.8 Å². The number of anilines is 2. The molecule has 0 saturated heterocycles. The number of fused-ring (bicyclic) bond motifs is 1. The number of hydrogen-bond donors (Lipinski definition) is 2. The van der Waals surface area contributed by atoms with Crippen molar-refractivity contribution in [2.24, 2.45) is 5.92 Å². The zero-order valence-corrected chi connectivity index (χ0v) is 15.1. The lowest BCUT2D eigenvalue weighted by Gasteiger charge is -2.14. The van der Waals surface area contributed by atoms with E-state index in [-0.39, 0.29) is 5.91 Å². The number of nitrogens with one attached hydrogen (secondary N) is 2. The molecule has 1 aliphatic carbocycles. The summed E-state index contributed by atoms with van der Waals surface area (Å²) in [6.45, 7) is 2.52. The van der Waals surface area contributed by atoms with Crippen LogP contribution >= 0.6 is 11.6 Å². The summed E-state index contributed by atoms with van der Waals surface area (Å²) in [5.41, 5.74) is 6.11. The van der Waals surface area contributed by atoms with E-state index in [1.54, 1.807) is 23.0 Å². The summed E-state index contributed by atoms with van der Waals surface area (Å²) in [5, 5.41) is 3.83. The van der Waals surface area contributed by atoms with Crippen LogP contribution in [-0.2, 0) is 4.84 Å². The number of hydrogen-bond acceptors (Lipinski definition) is 4. The first-order valence-electron chi connectivity index (χ1n) is 8.52. The minimum atomic E-state index is -0.313. The normalized spacial score (nSPS) is 13.8. The predicted molar refractivity (Wildman–Crippen MR) is 101 cm³/mol. The SMILES string of the molecule is Cc1ccc(Nc2cc3nccn3cc2C(=O)NOCC2CC2)c(Cl)c1. The number of benzene rings is 1. The van der Waals surface area contributed by atoms with Gasteiger partial charge in [-0.05, 0) is 43.4 Å². The fourth-order valence-corrected chi connectivity index (χ4v) is 2.96. The summed E-state index contributed by atoms with van der Waals surface area (Å²) in [7, 11) is 0. The number of carbonyl (C=O) groups excluding carboxylic acids is 1. The van der Waals surface area contributed by atoms with Gasteiger partial charge in [0.05, 0.1) is 28.6 Å². The van der Waals surface area contributed by atoms with Crippen molar-refractivity contribution >= 4 is 34.5 Å². The minimum Gasteiger partial charge on any atom is -0.354 e. The number of carbonyl (C=O) groups is 1. The third kappa shape index (κ3) is 3.66. The summed E-state index contributed by atoms with van der Waals surface area (Å²) >= 11 is 6.33. The summed E-state index contributed by atoms with van der Waals surface area (Å²) in [5.74, 6) is 0.252. The van der Waals surface area contributed by atoms with Gasteiger partial charge in [0.2, 0.25) is 0 Å². The molecule has 2 aromatic heterocycles. The van der Waals surface area contributed by atoms with Gasteiger partial charge in [-0.25, -0.2) is 10.5 Å². The molecule has 1 aromatic carbocycles. The van der Waals surface area contributed by atoms with E-state index in [1.807, 2.05) is 31.2 Å². The largest absolute Gasteiger partial charge is 0.354 e. The molecule has 1 saturated carbocycles. The Bertz CT molecular complexity index is 965. The first-order valence-corrected chi connectivity index (χ1v) is 8.90. The average Bonchev–Trinajstić information content (AvgIpc) is 3.32. The maximum absolute atomic E-state index is 12.6. The monoisotopic (exact) mass is 370 g/mol. The molecular formula is C19H19ClN4O2. The molecule has 1 fully saturated rings. The molecule has 0 bridgehead atoms. The molecule has 3 aromatic rings. The number of halogens is 1. The van der Waals surface area contributed by atoms with Crippen molar-refractivity contribution in [3.8, 4) is 0 Å². The smallest absolute Gasteiger partial charge is 0.278 e. The Labute approximate surface area is 156 Å². The second-order valence-electron chi connectivity index (χ2n) is 6.59. The molecule has 0 radical (unpaired) electrons. The number of aryl methyl sites for hydroxylation is 1. The molecule has 1 amide bonds. The van der Waals surface area contributed by atoms with Crippen molar-refractivity contribution in [1.82, 2.24) is 14.9 Å². The second kappa shape index (κ2) is 6.97. The van der Waals surface area contributed by atoms with Crippen LogP contribution in [0.1, 0.15) is 28.8 Å². The number of aromatic nitrogens is 2. The molecule has 0 aliphatic heterocycles. The van der Waals surface area contributed by atoms with Crippen LogP contribution in [-0.4, -0.2) is 21.9 Å². The summed E-state index contributed by atoms with van der Waals surface area (Å²) in [4.78, 5) is 22.2.